The lowest BCUT2D eigenvalue weighted by Crippen LogP contribution is -2.06. The zero-order valence-electron chi connectivity index (χ0n) is 13.4. The van der Waals surface area contributed by atoms with E-state index in [0.717, 1.165) is 0 Å². The van der Waals surface area contributed by atoms with Crippen LogP contribution in [0.2, 0.25) is 0 Å². The molecule has 0 spiro atoms. The highest BCUT2D eigenvalue weighted by atomic mass is 79.9. The molecule has 0 aliphatic heterocycles. The first-order chi connectivity index (χ1) is 12.1. The standard InChI is InChI=1S/C17H16BrFN4O2/c1-24-4-5-25-16-8-15-11(7-13(16)20)17(22-9-21-15)23-14-3-2-10(18)6-12(14)19/h2-3,6-9H,4-5,20H2,1H3,(H,21,22,23). The summed E-state index contributed by atoms with van der Waals surface area (Å²) in [5.74, 6) is 0.582. The van der Waals surface area contributed by atoms with Crippen molar-refractivity contribution in [1.29, 1.82) is 0 Å². The van der Waals surface area contributed by atoms with E-state index >= 15 is 0 Å². The molecule has 25 heavy (non-hydrogen) atoms. The molecule has 3 rings (SSSR count). The number of rotatable bonds is 6. The topological polar surface area (TPSA) is 82.3 Å². The summed E-state index contributed by atoms with van der Waals surface area (Å²) in [5.41, 5.74) is 7.44. The number of hydrogen-bond donors (Lipinski definition) is 2. The van der Waals surface area contributed by atoms with Gasteiger partial charge in [-0.1, -0.05) is 15.9 Å². The van der Waals surface area contributed by atoms with Gasteiger partial charge in [-0.05, 0) is 24.3 Å². The number of aromatic nitrogens is 2. The number of hydrogen-bond acceptors (Lipinski definition) is 6. The quantitative estimate of drug-likeness (QED) is 0.477. The van der Waals surface area contributed by atoms with Crippen LogP contribution in [0.5, 0.6) is 5.75 Å². The Morgan fingerprint density at radius 2 is 2.04 bits per heavy atom. The minimum atomic E-state index is -0.395. The lowest BCUT2D eigenvalue weighted by Gasteiger charge is -2.12. The summed E-state index contributed by atoms with van der Waals surface area (Å²) in [6, 6.07) is 8.17. The highest BCUT2D eigenvalue weighted by Gasteiger charge is 2.11. The molecular weight excluding hydrogens is 391 g/mol. The Morgan fingerprint density at radius 3 is 2.80 bits per heavy atom. The first-order valence-corrected chi connectivity index (χ1v) is 8.26. The molecule has 0 saturated heterocycles. The normalized spacial score (nSPS) is 10.8. The Balaban J connectivity index is 1.95. The van der Waals surface area contributed by atoms with Crippen molar-refractivity contribution in [2.45, 2.75) is 0 Å². The molecule has 0 aliphatic carbocycles. The van der Waals surface area contributed by atoms with Crippen molar-refractivity contribution in [2.75, 3.05) is 31.4 Å². The smallest absolute Gasteiger partial charge is 0.147 e. The lowest BCUT2D eigenvalue weighted by atomic mass is 10.2. The number of nitrogen functional groups attached to an aromatic ring is 1. The van der Waals surface area contributed by atoms with Crippen LogP contribution in [0.25, 0.3) is 10.9 Å². The molecule has 0 fully saturated rings. The van der Waals surface area contributed by atoms with Gasteiger partial charge in [0.15, 0.2) is 0 Å². The summed E-state index contributed by atoms with van der Waals surface area (Å²) in [7, 11) is 1.60. The van der Waals surface area contributed by atoms with Crippen molar-refractivity contribution < 1.29 is 13.9 Å². The van der Waals surface area contributed by atoms with Crippen LogP contribution in [0.1, 0.15) is 0 Å². The summed E-state index contributed by atoms with van der Waals surface area (Å²) in [6.07, 6.45) is 1.40. The van der Waals surface area contributed by atoms with Gasteiger partial charge < -0.3 is 20.5 Å². The molecular formula is C17H16BrFN4O2. The van der Waals surface area contributed by atoms with Gasteiger partial charge in [0.1, 0.15) is 30.3 Å². The van der Waals surface area contributed by atoms with Gasteiger partial charge in [0.2, 0.25) is 0 Å². The zero-order chi connectivity index (χ0) is 17.8. The first kappa shape index (κ1) is 17.4. The van der Waals surface area contributed by atoms with Crippen molar-refractivity contribution in [2.24, 2.45) is 0 Å². The van der Waals surface area contributed by atoms with E-state index in [1.807, 2.05) is 0 Å². The van der Waals surface area contributed by atoms with Gasteiger partial charge >= 0.3 is 0 Å². The average Bonchev–Trinajstić information content (AvgIpc) is 2.58. The predicted molar refractivity (Wildman–Crippen MR) is 98.7 cm³/mol. The third-order valence-corrected chi connectivity index (χ3v) is 3.99. The van der Waals surface area contributed by atoms with E-state index in [9.17, 15) is 4.39 Å². The number of halogens is 2. The molecule has 3 aromatic rings. The fraction of sp³-hybridized carbons (Fsp3) is 0.176. The number of nitrogens with zero attached hydrogens (tertiary/aromatic N) is 2. The molecule has 0 saturated carbocycles. The van der Waals surface area contributed by atoms with Gasteiger partial charge in [0.25, 0.3) is 0 Å². The van der Waals surface area contributed by atoms with Crippen LogP contribution in [-0.4, -0.2) is 30.3 Å². The van der Waals surface area contributed by atoms with E-state index in [-0.39, 0.29) is 0 Å². The first-order valence-electron chi connectivity index (χ1n) is 7.46. The molecule has 8 heteroatoms. The van der Waals surface area contributed by atoms with Crippen molar-refractivity contribution >= 4 is 44.0 Å². The van der Waals surface area contributed by atoms with Gasteiger partial charge in [-0.25, -0.2) is 14.4 Å². The number of fused-ring (bicyclic) bond motifs is 1. The molecule has 0 aliphatic rings. The van der Waals surface area contributed by atoms with Gasteiger partial charge in [-0.3, -0.25) is 0 Å². The maximum absolute atomic E-state index is 14.1. The Morgan fingerprint density at radius 1 is 1.20 bits per heavy atom. The van der Waals surface area contributed by atoms with Crippen LogP contribution < -0.4 is 15.8 Å². The van der Waals surface area contributed by atoms with E-state index in [4.69, 9.17) is 15.2 Å². The Bertz CT molecular complexity index is 907. The second-order valence-corrected chi connectivity index (χ2v) is 6.14. The van der Waals surface area contributed by atoms with Crippen LogP contribution in [0.15, 0.2) is 41.1 Å². The monoisotopic (exact) mass is 406 g/mol. The van der Waals surface area contributed by atoms with Crippen molar-refractivity contribution in [3.8, 4) is 5.75 Å². The summed E-state index contributed by atoms with van der Waals surface area (Å²) in [4.78, 5) is 8.43. The average molecular weight is 407 g/mol. The van der Waals surface area contributed by atoms with Crippen LogP contribution >= 0.6 is 15.9 Å². The summed E-state index contributed by atoms with van der Waals surface area (Å²) >= 11 is 3.23. The van der Waals surface area contributed by atoms with Gasteiger partial charge in [-0.15, -0.1) is 0 Å². The third-order valence-electron chi connectivity index (χ3n) is 3.50. The summed E-state index contributed by atoms with van der Waals surface area (Å²) < 4.78 is 25.3. The molecule has 0 bridgehead atoms. The van der Waals surface area contributed by atoms with Crippen molar-refractivity contribution in [1.82, 2.24) is 9.97 Å². The Labute approximate surface area is 152 Å². The SMILES string of the molecule is COCCOc1cc2ncnc(Nc3ccc(Br)cc3F)c2cc1N. The Kier molecular flexibility index (Phi) is 5.30. The largest absolute Gasteiger partial charge is 0.489 e. The molecule has 6 nitrogen and oxygen atoms in total. The van der Waals surface area contributed by atoms with Gasteiger partial charge in [0, 0.05) is 23.0 Å². The van der Waals surface area contributed by atoms with Crippen molar-refractivity contribution in [3.05, 3.63) is 46.9 Å². The number of nitrogens with two attached hydrogens (primary N) is 1. The van der Waals surface area contributed by atoms with E-state index in [1.54, 1.807) is 31.4 Å². The second-order valence-electron chi connectivity index (χ2n) is 5.22. The molecule has 2 aromatic carbocycles. The van der Waals surface area contributed by atoms with E-state index in [0.29, 0.717) is 51.5 Å². The van der Waals surface area contributed by atoms with Gasteiger partial charge in [0.05, 0.1) is 23.5 Å². The molecule has 0 unspecified atom stereocenters. The molecule has 0 amide bonds. The third kappa shape index (κ3) is 3.97. The predicted octanol–water partition coefficient (Wildman–Crippen LogP) is 3.88. The van der Waals surface area contributed by atoms with Crippen molar-refractivity contribution in [3.63, 3.8) is 0 Å². The molecule has 130 valence electrons. The Hall–Kier alpha value is -2.45. The number of anilines is 3. The number of benzene rings is 2. The van der Waals surface area contributed by atoms with Crippen LogP contribution in [0.4, 0.5) is 21.6 Å². The van der Waals surface area contributed by atoms with Gasteiger partial charge in [-0.2, -0.15) is 0 Å². The molecule has 0 atom stereocenters. The molecule has 1 heterocycles. The minimum Gasteiger partial charge on any atom is -0.489 e. The van der Waals surface area contributed by atoms with E-state index < -0.39 is 5.82 Å². The molecule has 0 radical (unpaired) electrons. The number of ether oxygens (including phenoxy) is 2. The zero-order valence-corrected chi connectivity index (χ0v) is 15.0. The fourth-order valence-corrected chi connectivity index (χ4v) is 2.61. The highest BCUT2D eigenvalue weighted by Crippen LogP contribution is 2.32. The number of nitrogens with one attached hydrogen (secondary N) is 1. The highest BCUT2D eigenvalue weighted by molar-refractivity contribution is 9.10. The summed E-state index contributed by atoms with van der Waals surface area (Å²) in [6.45, 7) is 0.837. The number of methoxy groups -OCH3 is 1. The maximum atomic E-state index is 14.1. The van der Waals surface area contributed by atoms with Crippen LogP contribution in [0.3, 0.4) is 0 Å². The maximum Gasteiger partial charge on any atom is 0.147 e. The van der Waals surface area contributed by atoms with E-state index in [1.165, 1.54) is 12.4 Å². The fourth-order valence-electron chi connectivity index (χ4n) is 2.28. The second kappa shape index (κ2) is 7.62. The minimum absolute atomic E-state index is 0.308. The van der Waals surface area contributed by atoms with Crippen LogP contribution in [0, 0.1) is 5.82 Å². The molecule has 1 aromatic heterocycles. The van der Waals surface area contributed by atoms with E-state index in [2.05, 4.69) is 31.2 Å². The van der Waals surface area contributed by atoms with Crippen LogP contribution in [-0.2, 0) is 4.74 Å². The summed E-state index contributed by atoms with van der Waals surface area (Å²) in [5, 5.41) is 3.65. The molecule has 3 N–H and O–H groups in total. The lowest BCUT2D eigenvalue weighted by molar-refractivity contribution is 0.147.